The molecule has 0 bridgehead atoms. The zero-order chi connectivity index (χ0) is 19.0. The standard InChI is InChI=1S/C20H15F3N2O2/c21-20(22,23)27-15-8-4-7-14(11-15)16-12-17-19(26)24-9-10-25(17)18(16)13-5-2-1-3-6-13/h1-8,11-12H,9-10H2,(H,24,26). The van der Waals surface area contributed by atoms with Crippen LogP contribution in [0.15, 0.2) is 60.7 Å². The topological polar surface area (TPSA) is 43.3 Å². The van der Waals surface area contributed by atoms with E-state index in [1.807, 2.05) is 34.9 Å². The van der Waals surface area contributed by atoms with Crippen LogP contribution in [0.2, 0.25) is 0 Å². The van der Waals surface area contributed by atoms with Crippen LogP contribution < -0.4 is 10.1 Å². The van der Waals surface area contributed by atoms with E-state index in [0.717, 1.165) is 11.3 Å². The second-order valence-corrected chi connectivity index (χ2v) is 6.14. The molecule has 2 heterocycles. The fourth-order valence-electron chi connectivity index (χ4n) is 3.33. The van der Waals surface area contributed by atoms with Crippen molar-refractivity contribution in [2.24, 2.45) is 0 Å². The summed E-state index contributed by atoms with van der Waals surface area (Å²) in [6.45, 7) is 1.08. The molecule has 7 heteroatoms. The van der Waals surface area contributed by atoms with Gasteiger partial charge < -0.3 is 14.6 Å². The summed E-state index contributed by atoms with van der Waals surface area (Å²) in [7, 11) is 0. The first-order valence-corrected chi connectivity index (χ1v) is 8.36. The van der Waals surface area contributed by atoms with E-state index < -0.39 is 6.36 Å². The fraction of sp³-hybridized carbons (Fsp3) is 0.150. The lowest BCUT2D eigenvalue weighted by Crippen LogP contribution is -2.35. The van der Waals surface area contributed by atoms with Crippen LogP contribution in [0.1, 0.15) is 10.5 Å². The van der Waals surface area contributed by atoms with E-state index in [0.29, 0.717) is 29.9 Å². The number of carbonyl (C=O) groups excluding carboxylic acids is 1. The van der Waals surface area contributed by atoms with Gasteiger partial charge in [-0.15, -0.1) is 13.2 Å². The number of hydrogen-bond acceptors (Lipinski definition) is 2. The van der Waals surface area contributed by atoms with Crippen molar-refractivity contribution in [3.63, 3.8) is 0 Å². The highest BCUT2D eigenvalue weighted by molar-refractivity contribution is 5.98. The first-order valence-electron chi connectivity index (χ1n) is 8.36. The number of fused-ring (bicyclic) bond motifs is 1. The van der Waals surface area contributed by atoms with Crippen LogP contribution in [0.3, 0.4) is 0 Å². The molecule has 27 heavy (non-hydrogen) atoms. The first kappa shape index (κ1) is 17.2. The maximum Gasteiger partial charge on any atom is 0.573 e. The molecule has 0 fully saturated rings. The summed E-state index contributed by atoms with van der Waals surface area (Å²) >= 11 is 0. The number of ether oxygens (including phenoxy) is 1. The maximum absolute atomic E-state index is 12.6. The highest BCUT2D eigenvalue weighted by atomic mass is 19.4. The number of benzene rings is 2. The molecule has 1 N–H and O–H groups in total. The summed E-state index contributed by atoms with van der Waals surface area (Å²) in [5.74, 6) is -0.500. The van der Waals surface area contributed by atoms with Gasteiger partial charge in [-0.1, -0.05) is 42.5 Å². The van der Waals surface area contributed by atoms with Gasteiger partial charge >= 0.3 is 6.36 Å². The van der Waals surface area contributed by atoms with Crippen molar-refractivity contribution in [1.29, 1.82) is 0 Å². The molecule has 0 saturated carbocycles. The third-order valence-electron chi connectivity index (χ3n) is 4.38. The molecule has 0 aliphatic carbocycles. The Morgan fingerprint density at radius 3 is 2.44 bits per heavy atom. The Labute approximate surface area is 153 Å². The van der Waals surface area contributed by atoms with Gasteiger partial charge in [-0.2, -0.15) is 0 Å². The van der Waals surface area contributed by atoms with E-state index in [1.54, 1.807) is 12.1 Å². The number of nitrogens with one attached hydrogen (secondary N) is 1. The number of amides is 1. The van der Waals surface area contributed by atoms with Crippen LogP contribution in [-0.4, -0.2) is 23.4 Å². The summed E-state index contributed by atoms with van der Waals surface area (Å²) < 4.78 is 43.7. The molecule has 0 spiro atoms. The fourth-order valence-corrected chi connectivity index (χ4v) is 3.33. The average Bonchev–Trinajstić information content (AvgIpc) is 3.02. The minimum atomic E-state index is -4.76. The van der Waals surface area contributed by atoms with Gasteiger partial charge in [0.2, 0.25) is 0 Å². The normalized spacial score (nSPS) is 13.8. The van der Waals surface area contributed by atoms with Crippen LogP contribution in [0.4, 0.5) is 13.2 Å². The molecule has 3 aromatic rings. The minimum absolute atomic E-state index is 0.202. The lowest BCUT2D eigenvalue weighted by molar-refractivity contribution is -0.274. The molecule has 0 unspecified atom stereocenters. The largest absolute Gasteiger partial charge is 0.573 e. The third-order valence-corrected chi connectivity index (χ3v) is 4.38. The third kappa shape index (κ3) is 3.40. The Balaban J connectivity index is 1.88. The average molecular weight is 372 g/mol. The summed E-state index contributed by atoms with van der Waals surface area (Å²) in [6.07, 6.45) is -4.76. The molecule has 0 saturated heterocycles. The van der Waals surface area contributed by atoms with Crippen LogP contribution in [0, 0.1) is 0 Å². The highest BCUT2D eigenvalue weighted by Gasteiger charge is 2.31. The Kier molecular flexibility index (Phi) is 4.14. The summed E-state index contributed by atoms with van der Waals surface area (Å²) in [6, 6.07) is 17.0. The van der Waals surface area contributed by atoms with Gasteiger partial charge in [0.15, 0.2) is 0 Å². The number of aromatic nitrogens is 1. The van der Waals surface area contributed by atoms with Crippen molar-refractivity contribution in [3.8, 4) is 28.1 Å². The minimum Gasteiger partial charge on any atom is -0.406 e. The van der Waals surface area contributed by atoms with E-state index in [-0.39, 0.29) is 11.7 Å². The lowest BCUT2D eigenvalue weighted by Gasteiger charge is -2.19. The van der Waals surface area contributed by atoms with E-state index in [2.05, 4.69) is 10.1 Å². The molecular formula is C20H15F3N2O2. The molecule has 4 rings (SSSR count). The van der Waals surface area contributed by atoms with Crippen molar-refractivity contribution < 1.29 is 22.7 Å². The van der Waals surface area contributed by atoms with Crippen LogP contribution >= 0.6 is 0 Å². The number of hydrogen-bond donors (Lipinski definition) is 1. The molecule has 138 valence electrons. The van der Waals surface area contributed by atoms with Crippen LogP contribution in [0.25, 0.3) is 22.4 Å². The van der Waals surface area contributed by atoms with Crippen molar-refractivity contribution >= 4 is 5.91 Å². The molecule has 2 aromatic carbocycles. The van der Waals surface area contributed by atoms with E-state index >= 15 is 0 Å². The van der Waals surface area contributed by atoms with Gasteiger partial charge in [0.1, 0.15) is 11.4 Å². The highest BCUT2D eigenvalue weighted by Crippen LogP contribution is 2.37. The van der Waals surface area contributed by atoms with E-state index in [1.165, 1.54) is 18.2 Å². The summed E-state index contributed by atoms with van der Waals surface area (Å²) in [5, 5.41) is 2.79. The molecule has 1 aliphatic heterocycles. The quantitative estimate of drug-likeness (QED) is 0.738. The van der Waals surface area contributed by atoms with Gasteiger partial charge in [-0.25, -0.2) is 0 Å². The Hall–Kier alpha value is -3.22. The molecule has 0 atom stereocenters. The van der Waals surface area contributed by atoms with Crippen molar-refractivity contribution in [2.45, 2.75) is 12.9 Å². The zero-order valence-corrected chi connectivity index (χ0v) is 14.1. The van der Waals surface area contributed by atoms with Crippen molar-refractivity contribution in [1.82, 2.24) is 9.88 Å². The lowest BCUT2D eigenvalue weighted by atomic mass is 10.0. The SMILES string of the molecule is O=C1NCCn2c1cc(-c1cccc(OC(F)(F)F)c1)c2-c1ccccc1. The molecule has 1 aromatic heterocycles. The van der Waals surface area contributed by atoms with E-state index in [9.17, 15) is 18.0 Å². The summed E-state index contributed by atoms with van der Waals surface area (Å²) in [4.78, 5) is 12.3. The molecule has 4 nitrogen and oxygen atoms in total. The Bertz CT molecular complexity index is 994. The smallest absolute Gasteiger partial charge is 0.406 e. The van der Waals surface area contributed by atoms with Crippen molar-refractivity contribution in [3.05, 3.63) is 66.4 Å². The monoisotopic (exact) mass is 372 g/mol. The second-order valence-electron chi connectivity index (χ2n) is 6.14. The molecule has 0 radical (unpaired) electrons. The van der Waals surface area contributed by atoms with Crippen molar-refractivity contribution in [2.75, 3.05) is 6.54 Å². The maximum atomic E-state index is 12.6. The molecule has 1 aliphatic rings. The first-order chi connectivity index (χ1) is 12.9. The van der Waals surface area contributed by atoms with Crippen LogP contribution in [-0.2, 0) is 6.54 Å². The summed E-state index contributed by atoms with van der Waals surface area (Å²) in [5.41, 5.74) is 3.39. The van der Waals surface area contributed by atoms with Gasteiger partial charge in [0, 0.05) is 18.7 Å². The van der Waals surface area contributed by atoms with Crippen LogP contribution in [0.5, 0.6) is 5.75 Å². The predicted octanol–water partition coefficient (Wildman–Crippen LogP) is 4.46. The number of carbonyl (C=O) groups is 1. The van der Waals surface area contributed by atoms with Gasteiger partial charge in [-0.3, -0.25) is 4.79 Å². The Morgan fingerprint density at radius 2 is 1.70 bits per heavy atom. The second kappa shape index (κ2) is 6.50. The van der Waals surface area contributed by atoms with Gasteiger partial charge in [0.05, 0.1) is 5.69 Å². The Morgan fingerprint density at radius 1 is 0.963 bits per heavy atom. The molecule has 1 amide bonds. The zero-order valence-electron chi connectivity index (χ0n) is 14.1. The number of rotatable bonds is 3. The number of alkyl halides is 3. The van der Waals surface area contributed by atoms with Gasteiger partial charge in [0.25, 0.3) is 5.91 Å². The van der Waals surface area contributed by atoms with E-state index in [4.69, 9.17) is 0 Å². The number of nitrogens with zero attached hydrogens (tertiary/aromatic N) is 1. The molecular weight excluding hydrogens is 357 g/mol. The number of halogens is 3. The predicted molar refractivity (Wildman–Crippen MR) is 94.3 cm³/mol. The van der Waals surface area contributed by atoms with Gasteiger partial charge in [-0.05, 0) is 29.3 Å².